The molecule has 0 N–H and O–H groups in total. The van der Waals surface area contributed by atoms with Gasteiger partial charge in [0.1, 0.15) is 0 Å². The van der Waals surface area contributed by atoms with Gasteiger partial charge in [0, 0.05) is 19.7 Å². The van der Waals surface area contributed by atoms with Crippen LogP contribution in [0.5, 0.6) is 0 Å². The molecule has 0 amide bonds. The molecule has 1 aliphatic rings. The molecule has 5 nitrogen and oxygen atoms in total. The molecule has 0 bridgehead atoms. The van der Waals surface area contributed by atoms with Crippen molar-refractivity contribution in [2.75, 3.05) is 33.8 Å². The SMILES string of the molecule is CCCN(C)CCCCOC1CCC(N(C)S(=O)(=O)c2ccc(C(F)(F)F)cc2)CC1. The summed E-state index contributed by atoms with van der Waals surface area (Å²) < 4.78 is 71.1. The van der Waals surface area contributed by atoms with Crippen LogP contribution < -0.4 is 0 Å². The third-order valence-corrected chi connectivity index (χ3v) is 7.83. The summed E-state index contributed by atoms with van der Waals surface area (Å²) >= 11 is 0. The van der Waals surface area contributed by atoms with E-state index < -0.39 is 21.8 Å². The van der Waals surface area contributed by atoms with E-state index in [1.165, 1.54) is 11.4 Å². The van der Waals surface area contributed by atoms with Crippen molar-refractivity contribution in [2.24, 2.45) is 0 Å². The van der Waals surface area contributed by atoms with Gasteiger partial charge in [0.25, 0.3) is 0 Å². The first kappa shape index (κ1) is 26.1. The van der Waals surface area contributed by atoms with E-state index >= 15 is 0 Å². The number of sulfonamides is 1. The summed E-state index contributed by atoms with van der Waals surface area (Å²) in [6.45, 7) is 5.06. The second-order valence-electron chi connectivity index (χ2n) is 8.36. The molecule has 0 radical (unpaired) electrons. The Morgan fingerprint density at radius 3 is 2.16 bits per heavy atom. The maximum absolute atomic E-state index is 12.8. The predicted octanol–water partition coefficient (Wildman–Crippen LogP) is 4.78. The molecule has 0 spiro atoms. The smallest absolute Gasteiger partial charge is 0.378 e. The van der Waals surface area contributed by atoms with Crippen molar-refractivity contribution >= 4 is 10.0 Å². The van der Waals surface area contributed by atoms with E-state index in [-0.39, 0.29) is 17.0 Å². The Bertz CT molecular complexity index is 761. The van der Waals surface area contributed by atoms with Crippen molar-refractivity contribution in [3.8, 4) is 0 Å². The van der Waals surface area contributed by atoms with E-state index in [0.717, 1.165) is 76.1 Å². The molecule has 178 valence electrons. The summed E-state index contributed by atoms with van der Waals surface area (Å²) in [5, 5.41) is 0. The van der Waals surface area contributed by atoms with Crippen LogP contribution in [0.2, 0.25) is 0 Å². The summed E-state index contributed by atoms with van der Waals surface area (Å²) in [4.78, 5) is 2.20. The second-order valence-corrected chi connectivity index (χ2v) is 10.4. The monoisotopic (exact) mass is 464 g/mol. The molecule has 0 heterocycles. The van der Waals surface area contributed by atoms with Gasteiger partial charge in [0.15, 0.2) is 0 Å². The zero-order chi connectivity index (χ0) is 23.1. The summed E-state index contributed by atoms with van der Waals surface area (Å²) in [6, 6.07) is 3.51. The largest absolute Gasteiger partial charge is 0.416 e. The lowest BCUT2D eigenvalue weighted by Gasteiger charge is -2.34. The van der Waals surface area contributed by atoms with Gasteiger partial charge in [-0.05, 0) is 89.3 Å². The molecule has 0 saturated heterocycles. The number of alkyl halides is 3. The molecule has 0 unspecified atom stereocenters. The maximum atomic E-state index is 12.8. The van der Waals surface area contributed by atoms with Crippen LogP contribution in [0.25, 0.3) is 0 Å². The van der Waals surface area contributed by atoms with Crippen molar-refractivity contribution in [2.45, 2.75) is 75.1 Å². The number of nitrogens with zero attached hydrogens (tertiary/aromatic N) is 2. The minimum atomic E-state index is -4.49. The van der Waals surface area contributed by atoms with Crippen LogP contribution in [0.3, 0.4) is 0 Å². The molecular weight excluding hydrogens is 429 g/mol. The van der Waals surface area contributed by atoms with E-state index in [0.29, 0.717) is 12.8 Å². The summed E-state index contributed by atoms with van der Waals surface area (Å²) in [5.41, 5.74) is -0.858. The fraction of sp³-hybridized carbons (Fsp3) is 0.727. The van der Waals surface area contributed by atoms with E-state index in [2.05, 4.69) is 18.9 Å². The van der Waals surface area contributed by atoms with Gasteiger partial charge in [0.05, 0.1) is 16.6 Å². The van der Waals surface area contributed by atoms with Gasteiger partial charge in [-0.3, -0.25) is 0 Å². The van der Waals surface area contributed by atoms with Crippen molar-refractivity contribution in [3.05, 3.63) is 29.8 Å². The van der Waals surface area contributed by atoms with Crippen LogP contribution in [0.4, 0.5) is 13.2 Å². The molecule has 1 aliphatic carbocycles. The van der Waals surface area contributed by atoms with E-state index in [1.807, 2.05) is 0 Å². The molecule has 1 aromatic rings. The molecule has 0 aromatic heterocycles. The predicted molar refractivity (Wildman–Crippen MR) is 115 cm³/mol. The highest BCUT2D eigenvalue weighted by molar-refractivity contribution is 7.89. The van der Waals surface area contributed by atoms with Gasteiger partial charge < -0.3 is 9.64 Å². The average molecular weight is 465 g/mol. The number of rotatable bonds is 11. The summed E-state index contributed by atoms with van der Waals surface area (Å²) in [7, 11) is -0.204. The first-order valence-electron chi connectivity index (χ1n) is 11.0. The number of unbranched alkanes of at least 4 members (excludes halogenated alkanes) is 1. The number of hydrogen-bond acceptors (Lipinski definition) is 4. The third kappa shape index (κ3) is 7.73. The Hall–Kier alpha value is -1.16. The first-order chi connectivity index (χ1) is 14.6. The number of ether oxygens (including phenoxy) is 1. The lowest BCUT2D eigenvalue weighted by Crippen LogP contribution is -2.40. The van der Waals surface area contributed by atoms with E-state index in [9.17, 15) is 21.6 Å². The minimum absolute atomic E-state index is 0.116. The number of hydrogen-bond donors (Lipinski definition) is 0. The molecule has 1 saturated carbocycles. The Labute approximate surface area is 184 Å². The molecule has 1 fully saturated rings. The molecule has 1 aromatic carbocycles. The van der Waals surface area contributed by atoms with Crippen molar-refractivity contribution in [1.82, 2.24) is 9.21 Å². The number of benzene rings is 1. The van der Waals surface area contributed by atoms with Gasteiger partial charge in [-0.25, -0.2) is 8.42 Å². The van der Waals surface area contributed by atoms with Crippen LogP contribution in [0.1, 0.15) is 57.4 Å². The van der Waals surface area contributed by atoms with Crippen LogP contribution in [0, 0.1) is 0 Å². The van der Waals surface area contributed by atoms with Crippen molar-refractivity contribution in [3.63, 3.8) is 0 Å². The summed E-state index contributed by atoms with van der Waals surface area (Å²) in [5.74, 6) is 0. The standard InChI is InChI=1S/C22H35F3N2O3S/c1-4-15-26(2)16-5-6-17-30-20-11-9-19(10-12-20)27(3)31(28,29)21-13-7-18(8-14-21)22(23,24)25/h7-8,13-14,19-20H,4-6,9-12,15-17H2,1-3H3. The van der Waals surface area contributed by atoms with E-state index in [1.54, 1.807) is 0 Å². The van der Waals surface area contributed by atoms with Gasteiger partial charge in [-0.1, -0.05) is 6.92 Å². The highest BCUT2D eigenvalue weighted by atomic mass is 32.2. The lowest BCUT2D eigenvalue weighted by molar-refractivity contribution is -0.137. The average Bonchev–Trinajstić information content (AvgIpc) is 2.73. The molecule has 0 aliphatic heterocycles. The van der Waals surface area contributed by atoms with Crippen molar-refractivity contribution < 1.29 is 26.3 Å². The highest BCUT2D eigenvalue weighted by Crippen LogP contribution is 2.32. The van der Waals surface area contributed by atoms with Crippen molar-refractivity contribution in [1.29, 1.82) is 0 Å². The molecular formula is C22H35F3N2O3S. The maximum Gasteiger partial charge on any atom is 0.416 e. The first-order valence-corrected chi connectivity index (χ1v) is 12.4. The molecule has 9 heteroatoms. The van der Waals surface area contributed by atoms with Gasteiger partial charge in [0.2, 0.25) is 10.0 Å². The molecule has 31 heavy (non-hydrogen) atoms. The molecule has 2 rings (SSSR count). The quantitative estimate of drug-likeness (QED) is 0.443. The minimum Gasteiger partial charge on any atom is -0.378 e. The van der Waals surface area contributed by atoms with Gasteiger partial charge in [-0.2, -0.15) is 17.5 Å². The highest BCUT2D eigenvalue weighted by Gasteiger charge is 2.34. The van der Waals surface area contributed by atoms with Crippen LogP contribution in [0.15, 0.2) is 29.2 Å². The topological polar surface area (TPSA) is 49.9 Å². The Balaban J connectivity index is 1.78. The normalized spacial score (nSPS) is 20.5. The lowest BCUT2D eigenvalue weighted by atomic mass is 9.93. The van der Waals surface area contributed by atoms with E-state index in [4.69, 9.17) is 4.74 Å². The second kappa shape index (κ2) is 11.6. The Morgan fingerprint density at radius 2 is 1.61 bits per heavy atom. The van der Waals surface area contributed by atoms with Crippen LogP contribution >= 0.6 is 0 Å². The fourth-order valence-corrected chi connectivity index (χ4v) is 5.40. The van der Waals surface area contributed by atoms with Crippen LogP contribution in [-0.4, -0.2) is 63.6 Å². The van der Waals surface area contributed by atoms with Gasteiger partial charge in [-0.15, -0.1) is 0 Å². The zero-order valence-corrected chi connectivity index (χ0v) is 19.5. The Kier molecular flexibility index (Phi) is 9.79. The third-order valence-electron chi connectivity index (χ3n) is 5.91. The fourth-order valence-electron chi connectivity index (χ4n) is 3.98. The Morgan fingerprint density at radius 1 is 1.00 bits per heavy atom. The number of halogens is 3. The van der Waals surface area contributed by atoms with Crippen LogP contribution in [-0.2, 0) is 20.9 Å². The summed E-state index contributed by atoms with van der Waals surface area (Å²) in [6.07, 6.45) is 1.85. The van der Waals surface area contributed by atoms with Gasteiger partial charge >= 0.3 is 6.18 Å². The zero-order valence-electron chi connectivity index (χ0n) is 18.7. The molecule has 0 atom stereocenters.